The summed E-state index contributed by atoms with van der Waals surface area (Å²) in [7, 11) is 0. The van der Waals surface area contributed by atoms with Crippen molar-refractivity contribution >= 4 is 5.82 Å². The minimum Gasteiger partial charge on any atom is -0.396 e. The van der Waals surface area contributed by atoms with Gasteiger partial charge in [-0.15, -0.1) is 0 Å². The number of nitrogens with one attached hydrogen (secondary N) is 1. The third-order valence-corrected chi connectivity index (χ3v) is 2.21. The van der Waals surface area contributed by atoms with E-state index in [4.69, 9.17) is 10.4 Å². The predicted octanol–water partition coefficient (Wildman–Crippen LogP) is 1.53. The fourth-order valence-corrected chi connectivity index (χ4v) is 1.29. The van der Waals surface area contributed by atoms with Gasteiger partial charge in [0.15, 0.2) is 0 Å². The van der Waals surface area contributed by atoms with Gasteiger partial charge in [0.1, 0.15) is 11.9 Å². The second kappa shape index (κ2) is 5.99. The second-order valence-electron chi connectivity index (χ2n) is 3.31. The van der Waals surface area contributed by atoms with E-state index < -0.39 is 0 Å². The first-order valence-corrected chi connectivity index (χ1v) is 5.03. The lowest BCUT2D eigenvalue weighted by Gasteiger charge is -2.15. The van der Waals surface area contributed by atoms with Gasteiger partial charge in [-0.1, -0.05) is 6.92 Å². The minimum atomic E-state index is 0.168. The van der Waals surface area contributed by atoms with Crippen molar-refractivity contribution in [2.24, 2.45) is 0 Å². The van der Waals surface area contributed by atoms with Gasteiger partial charge in [0.05, 0.1) is 5.56 Å². The molecule has 0 saturated heterocycles. The van der Waals surface area contributed by atoms with Gasteiger partial charge in [-0.3, -0.25) is 0 Å². The van der Waals surface area contributed by atoms with Crippen molar-refractivity contribution < 1.29 is 5.11 Å². The molecule has 0 fully saturated rings. The molecule has 2 N–H and O–H groups in total. The maximum atomic E-state index is 8.82. The van der Waals surface area contributed by atoms with Crippen LogP contribution in [-0.2, 0) is 0 Å². The highest BCUT2D eigenvalue weighted by atomic mass is 16.3. The highest BCUT2D eigenvalue weighted by Crippen LogP contribution is 2.09. The van der Waals surface area contributed by atoms with Gasteiger partial charge in [-0.25, -0.2) is 4.98 Å². The lowest BCUT2D eigenvalue weighted by atomic mass is 10.1. The van der Waals surface area contributed by atoms with Gasteiger partial charge in [-0.05, 0) is 25.0 Å². The molecule has 4 heteroatoms. The van der Waals surface area contributed by atoms with Crippen LogP contribution in [-0.4, -0.2) is 22.7 Å². The summed E-state index contributed by atoms with van der Waals surface area (Å²) < 4.78 is 0. The summed E-state index contributed by atoms with van der Waals surface area (Å²) in [5.41, 5.74) is 0.552. The molecule has 0 spiro atoms. The molecule has 4 nitrogen and oxygen atoms in total. The van der Waals surface area contributed by atoms with Crippen molar-refractivity contribution in [3.05, 3.63) is 23.9 Å². The van der Waals surface area contributed by atoms with Gasteiger partial charge in [0.2, 0.25) is 0 Å². The second-order valence-corrected chi connectivity index (χ2v) is 3.31. The van der Waals surface area contributed by atoms with Crippen LogP contribution in [0.25, 0.3) is 0 Å². The Balaban J connectivity index is 2.59. The predicted molar refractivity (Wildman–Crippen MR) is 58.4 cm³/mol. The maximum absolute atomic E-state index is 8.82. The Hall–Kier alpha value is -1.60. The molecule has 0 aliphatic carbocycles. The molecular weight excluding hydrogens is 190 g/mol. The maximum Gasteiger partial charge on any atom is 0.126 e. The van der Waals surface area contributed by atoms with Crippen LogP contribution in [0.5, 0.6) is 0 Å². The zero-order valence-electron chi connectivity index (χ0n) is 8.77. The van der Waals surface area contributed by atoms with Crippen LogP contribution in [0.15, 0.2) is 18.3 Å². The Bertz CT molecular complexity index is 329. The summed E-state index contributed by atoms with van der Waals surface area (Å²) >= 11 is 0. The number of nitriles is 1. The Morgan fingerprint density at radius 2 is 2.40 bits per heavy atom. The van der Waals surface area contributed by atoms with Crippen LogP contribution in [0, 0.1) is 11.3 Å². The van der Waals surface area contributed by atoms with Crippen molar-refractivity contribution in [2.45, 2.75) is 25.8 Å². The summed E-state index contributed by atoms with van der Waals surface area (Å²) in [6.45, 7) is 2.22. The van der Waals surface area contributed by atoms with Crippen LogP contribution in [0.3, 0.4) is 0 Å². The van der Waals surface area contributed by atoms with Crippen LogP contribution in [0.1, 0.15) is 25.3 Å². The average Bonchev–Trinajstić information content (AvgIpc) is 2.29. The quantitative estimate of drug-likeness (QED) is 0.764. The number of pyridine rings is 1. The normalized spacial score (nSPS) is 11.8. The number of hydrogen-bond donors (Lipinski definition) is 2. The molecule has 1 aromatic heterocycles. The molecule has 0 bridgehead atoms. The first-order valence-electron chi connectivity index (χ1n) is 5.03. The van der Waals surface area contributed by atoms with E-state index in [9.17, 15) is 0 Å². The number of rotatable bonds is 5. The van der Waals surface area contributed by atoms with Crippen molar-refractivity contribution in [3.63, 3.8) is 0 Å². The summed E-state index contributed by atoms with van der Waals surface area (Å²) in [6.07, 6.45) is 3.18. The van der Waals surface area contributed by atoms with Crippen molar-refractivity contribution in [2.75, 3.05) is 11.9 Å². The van der Waals surface area contributed by atoms with E-state index in [0.29, 0.717) is 12.0 Å². The minimum absolute atomic E-state index is 0.168. The SMILES string of the molecule is CCC(CCO)Nc1ccc(C#N)cn1. The average molecular weight is 205 g/mol. The first kappa shape index (κ1) is 11.5. The van der Waals surface area contributed by atoms with Crippen molar-refractivity contribution in [1.29, 1.82) is 5.26 Å². The number of aliphatic hydroxyl groups is 1. The molecule has 0 aliphatic rings. The first-order chi connectivity index (χ1) is 7.30. The Labute approximate surface area is 89.6 Å². The van der Waals surface area contributed by atoms with E-state index in [1.54, 1.807) is 12.1 Å². The molecule has 0 aromatic carbocycles. The van der Waals surface area contributed by atoms with Gasteiger partial charge < -0.3 is 10.4 Å². The number of aromatic nitrogens is 1. The molecule has 0 amide bonds. The zero-order valence-corrected chi connectivity index (χ0v) is 8.77. The van der Waals surface area contributed by atoms with E-state index in [-0.39, 0.29) is 12.6 Å². The van der Waals surface area contributed by atoms with Crippen molar-refractivity contribution in [3.8, 4) is 6.07 Å². The molecule has 1 rings (SSSR count). The number of anilines is 1. The molecular formula is C11H15N3O. The lowest BCUT2D eigenvalue weighted by Crippen LogP contribution is -2.20. The molecule has 15 heavy (non-hydrogen) atoms. The van der Waals surface area contributed by atoms with Crippen LogP contribution < -0.4 is 5.32 Å². The van der Waals surface area contributed by atoms with Gasteiger partial charge >= 0.3 is 0 Å². The van der Waals surface area contributed by atoms with E-state index >= 15 is 0 Å². The highest BCUT2D eigenvalue weighted by Gasteiger charge is 2.05. The van der Waals surface area contributed by atoms with Crippen LogP contribution >= 0.6 is 0 Å². The van der Waals surface area contributed by atoms with Crippen LogP contribution in [0.4, 0.5) is 5.82 Å². The Morgan fingerprint density at radius 3 is 2.87 bits per heavy atom. The summed E-state index contributed by atoms with van der Waals surface area (Å²) in [4.78, 5) is 4.10. The lowest BCUT2D eigenvalue weighted by molar-refractivity contribution is 0.278. The molecule has 1 heterocycles. The number of hydrogen-bond acceptors (Lipinski definition) is 4. The smallest absolute Gasteiger partial charge is 0.126 e. The molecule has 1 unspecified atom stereocenters. The van der Waals surface area contributed by atoms with E-state index in [1.807, 2.05) is 6.07 Å². The number of nitrogens with zero attached hydrogens (tertiary/aromatic N) is 2. The molecule has 0 saturated carbocycles. The third kappa shape index (κ3) is 3.56. The summed E-state index contributed by atoms with van der Waals surface area (Å²) in [5.74, 6) is 0.745. The Kier molecular flexibility index (Phi) is 4.58. The van der Waals surface area contributed by atoms with Crippen LogP contribution in [0.2, 0.25) is 0 Å². The molecule has 1 aromatic rings. The Morgan fingerprint density at radius 1 is 1.60 bits per heavy atom. The van der Waals surface area contributed by atoms with Crippen molar-refractivity contribution in [1.82, 2.24) is 4.98 Å². The largest absolute Gasteiger partial charge is 0.396 e. The third-order valence-electron chi connectivity index (χ3n) is 2.21. The monoisotopic (exact) mass is 205 g/mol. The molecule has 0 radical (unpaired) electrons. The van der Waals surface area contributed by atoms with E-state index in [1.165, 1.54) is 6.20 Å². The standard InChI is InChI=1S/C11H15N3O/c1-2-10(5-6-15)14-11-4-3-9(7-12)8-13-11/h3-4,8,10,15H,2,5-6H2,1H3,(H,13,14). The van der Waals surface area contributed by atoms with Gasteiger partial charge in [-0.2, -0.15) is 5.26 Å². The summed E-state index contributed by atoms with van der Waals surface area (Å²) in [5, 5.41) is 20.6. The molecule has 80 valence electrons. The topological polar surface area (TPSA) is 68.9 Å². The number of aliphatic hydroxyl groups excluding tert-OH is 1. The van der Waals surface area contributed by atoms with Gasteiger partial charge in [0, 0.05) is 18.8 Å². The molecule has 1 atom stereocenters. The molecule has 0 aliphatic heterocycles. The zero-order chi connectivity index (χ0) is 11.1. The van der Waals surface area contributed by atoms with E-state index in [2.05, 4.69) is 17.2 Å². The summed E-state index contributed by atoms with van der Waals surface area (Å²) in [6, 6.07) is 5.75. The fraction of sp³-hybridized carbons (Fsp3) is 0.455. The van der Waals surface area contributed by atoms with E-state index in [0.717, 1.165) is 12.2 Å². The highest BCUT2D eigenvalue weighted by molar-refractivity contribution is 5.39. The van der Waals surface area contributed by atoms with Gasteiger partial charge in [0.25, 0.3) is 0 Å². The fourth-order valence-electron chi connectivity index (χ4n) is 1.29.